The van der Waals surface area contributed by atoms with E-state index >= 15 is 0 Å². The summed E-state index contributed by atoms with van der Waals surface area (Å²) >= 11 is 0. The Morgan fingerprint density at radius 1 is 1.22 bits per heavy atom. The van der Waals surface area contributed by atoms with Crippen molar-refractivity contribution in [3.8, 4) is 11.4 Å². The van der Waals surface area contributed by atoms with E-state index in [9.17, 15) is 22.4 Å². The maximum absolute atomic E-state index is 13.2. The van der Waals surface area contributed by atoms with Gasteiger partial charge in [0, 0.05) is 36.5 Å². The van der Waals surface area contributed by atoms with E-state index in [0.29, 0.717) is 23.5 Å². The Balaban J connectivity index is 1.60. The number of nitrogens with zero attached hydrogens (tertiary/aromatic N) is 3. The van der Waals surface area contributed by atoms with Gasteiger partial charge in [0.05, 0.1) is 5.56 Å². The van der Waals surface area contributed by atoms with E-state index in [1.165, 1.54) is 0 Å². The third-order valence-electron chi connectivity index (χ3n) is 3.51. The highest BCUT2D eigenvalue weighted by atomic mass is 19.4. The highest BCUT2D eigenvalue weighted by Gasteiger charge is 2.34. The van der Waals surface area contributed by atoms with Crippen LogP contribution in [0.15, 0.2) is 47.2 Å². The molecule has 0 spiro atoms. The minimum absolute atomic E-state index is 0.0897. The molecule has 140 valence electrons. The molecule has 2 heterocycles. The first-order chi connectivity index (χ1) is 12.8. The molecule has 10 heteroatoms. The number of rotatable bonds is 5. The summed E-state index contributed by atoms with van der Waals surface area (Å²) in [6, 6.07) is 5.69. The van der Waals surface area contributed by atoms with Crippen molar-refractivity contribution in [3.05, 3.63) is 60.0 Å². The van der Waals surface area contributed by atoms with E-state index in [4.69, 9.17) is 4.52 Å². The second-order valence-corrected chi connectivity index (χ2v) is 5.49. The summed E-state index contributed by atoms with van der Waals surface area (Å²) in [6.07, 6.45) is -1.72. The molecular weight excluding hydrogens is 368 g/mol. The number of hydrogen-bond acceptors (Lipinski definition) is 5. The number of aromatic nitrogens is 3. The SMILES string of the molecule is O=C(CCc1nc(-c2cccnc2)no1)Nc1ccc(F)c(C(F)(F)F)c1. The van der Waals surface area contributed by atoms with Gasteiger partial charge in [0.15, 0.2) is 0 Å². The van der Waals surface area contributed by atoms with Crippen molar-refractivity contribution in [2.45, 2.75) is 19.0 Å². The van der Waals surface area contributed by atoms with Gasteiger partial charge < -0.3 is 9.84 Å². The molecule has 6 nitrogen and oxygen atoms in total. The molecule has 0 radical (unpaired) electrons. The van der Waals surface area contributed by atoms with Crippen molar-refractivity contribution in [2.75, 3.05) is 5.32 Å². The predicted octanol–water partition coefficient (Wildman–Crippen LogP) is 3.86. The zero-order chi connectivity index (χ0) is 19.4. The Bertz CT molecular complexity index is 942. The molecule has 0 saturated carbocycles. The van der Waals surface area contributed by atoms with Crippen molar-refractivity contribution < 1.29 is 26.9 Å². The Hall–Kier alpha value is -3.30. The summed E-state index contributed by atoms with van der Waals surface area (Å²) in [4.78, 5) is 20.0. The first-order valence-corrected chi connectivity index (χ1v) is 7.72. The molecule has 0 saturated heterocycles. The van der Waals surface area contributed by atoms with Crippen LogP contribution in [0.3, 0.4) is 0 Å². The zero-order valence-electron chi connectivity index (χ0n) is 13.6. The lowest BCUT2D eigenvalue weighted by Gasteiger charge is -2.10. The van der Waals surface area contributed by atoms with Gasteiger partial charge in [-0.05, 0) is 30.3 Å². The number of benzene rings is 1. The zero-order valence-corrected chi connectivity index (χ0v) is 13.6. The number of pyridine rings is 1. The fourth-order valence-corrected chi connectivity index (χ4v) is 2.23. The number of hydrogen-bond donors (Lipinski definition) is 1. The largest absolute Gasteiger partial charge is 0.419 e. The highest BCUT2D eigenvalue weighted by Crippen LogP contribution is 2.33. The number of alkyl halides is 3. The molecular formula is C17H12F4N4O2. The van der Waals surface area contributed by atoms with E-state index in [-0.39, 0.29) is 24.4 Å². The lowest BCUT2D eigenvalue weighted by Crippen LogP contribution is -2.14. The number of halogens is 4. The minimum Gasteiger partial charge on any atom is -0.339 e. The molecule has 0 aliphatic rings. The van der Waals surface area contributed by atoms with Gasteiger partial charge in [0.1, 0.15) is 5.82 Å². The van der Waals surface area contributed by atoms with Crippen LogP contribution >= 0.6 is 0 Å². The quantitative estimate of drug-likeness (QED) is 0.680. The molecule has 0 unspecified atom stereocenters. The summed E-state index contributed by atoms with van der Waals surface area (Å²) in [7, 11) is 0. The molecule has 0 bridgehead atoms. The normalized spacial score (nSPS) is 11.4. The van der Waals surface area contributed by atoms with Crippen molar-refractivity contribution in [1.82, 2.24) is 15.1 Å². The minimum atomic E-state index is -4.85. The molecule has 0 aliphatic heterocycles. The lowest BCUT2D eigenvalue weighted by molar-refractivity contribution is -0.140. The first kappa shape index (κ1) is 18.5. The maximum Gasteiger partial charge on any atom is 0.419 e. The third-order valence-corrected chi connectivity index (χ3v) is 3.51. The molecule has 3 aromatic rings. The maximum atomic E-state index is 13.2. The van der Waals surface area contributed by atoms with Gasteiger partial charge in [-0.1, -0.05) is 5.16 Å². The lowest BCUT2D eigenvalue weighted by atomic mass is 10.1. The van der Waals surface area contributed by atoms with Gasteiger partial charge >= 0.3 is 6.18 Å². The third kappa shape index (κ3) is 4.66. The van der Waals surface area contributed by atoms with E-state index in [1.807, 2.05) is 0 Å². The summed E-state index contributed by atoms with van der Waals surface area (Å²) in [5.74, 6) is -1.48. The number of carbonyl (C=O) groups excluding carboxylic acids is 1. The van der Waals surface area contributed by atoms with Crippen LogP contribution in [-0.4, -0.2) is 21.0 Å². The van der Waals surface area contributed by atoms with Crippen LogP contribution in [-0.2, 0) is 17.4 Å². The summed E-state index contributed by atoms with van der Waals surface area (Å²) < 4.78 is 56.4. The van der Waals surface area contributed by atoms with Gasteiger partial charge in [-0.15, -0.1) is 0 Å². The number of carbonyl (C=O) groups is 1. The van der Waals surface area contributed by atoms with Gasteiger partial charge in [-0.2, -0.15) is 18.2 Å². The molecule has 3 rings (SSSR count). The van der Waals surface area contributed by atoms with Gasteiger partial charge in [-0.3, -0.25) is 9.78 Å². The summed E-state index contributed by atoms with van der Waals surface area (Å²) in [6.45, 7) is 0. The highest BCUT2D eigenvalue weighted by molar-refractivity contribution is 5.90. The van der Waals surface area contributed by atoms with Crippen LogP contribution < -0.4 is 5.32 Å². The first-order valence-electron chi connectivity index (χ1n) is 7.72. The number of anilines is 1. The second-order valence-electron chi connectivity index (χ2n) is 5.49. The Morgan fingerprint density at radius 3 is 2.74 bits per heavy atom. The molecule has 2 aromatic heterocycles. The predicted molar refractivity (Wildman–Crippen MR) is 85.9 cm³/mol. The average Bonchev–Trinajstić information content (AvgIpc) is 3.10. The number of nitrogens with one attached hydrogen (secondary N) is 1. The van der Waals surface area contributed by atoms with Crippen LogP contribution in [0.5, 0.6) is 0 Å². The molecule has 0 atom stereocenters. The van der Waals surface area contributed by atoms with Crippen LogP contribution in [0.2, 0.25) is 0 Å². The Morgan fingerprint density at radius 2 is 2.04 bits per heavy atom. The summed E-state index contributed by atoms with van der Waals surface area (Å²) in [5, 5.41) is 6.06. The molecule has 1 N–H and O–H groups in total. The Labute approximate surface area is 150 Å². The smallest absolute Gasteiger partial charge is 0.339 e. The fourth-order valence-electron chi connectivity index (χ4n) is 2.23. The molecule has 27 heavy (non-hydrogen) atoms. The van der Waals surface area contributed by atoms with Crippen molar-refractivity contribution in [2.24, 2.45) is 0 Å². The molecule has 1 amide bonds. The van der Waals surface area contributed by atoms with E-state index in [2.05, 4.69) is 20.4 Å². The van der Waals surface area contributed by atoms with Crippen molar-refractivity contribution >= 4 is 11.6 Å². The monoisotopic (exact) mass is 380 g/mol. The van der Waals surface area contributed by atoms with Gasteiger partial charge in [0.25, 0.3) is 0 Å². The average molecular weight is 380 g/mol. The number of aryl methyl sites for hydroxylation is 1. The van der Waals surface area contributed by atoms with Crippen LogP contribution in [0, 0.1) is 5.82 Å². The van der Waals surface area contributed by atoms with Crippen LogP contribution in [0.25, 0.3) is 11.4 Å². The van der Waals surface area contributed by atoms with E-state index in [1.54, 1.807) is 24.5 Å². The standard InChI is InChI=1S/C17H12F4N4O2/c18-13-4-3-11(8-12(13)17(19,20)21)23-14(26)5-6-15-24-16(25-27-15)10-2-1-7-22-9-10/h1-4,7-9H,5-6H2,(H,23,26). The van der Waals surface area contributed by atoms with E-state index in [0.717, 1.165) is 6.07 Å². The topological polar surface area (TPSA) is 80.9 Å². The second kappa shape index (κ2) is 7.52. The van der Waals surface area contributed by atoms with Gasteiger partial charge in [-0.25, -0.2) is 4.39 Å². The van der Waals surface area contributed by atoms with Crippen molar-refractivity contribution in [3.63, 3.8) is 0 Å². The van der Waals surface area contributed by atoms with Crippen LogP contribution in [0.1, 0.15) is 17.9 Å². The summed E-state index contributed by atoms with van der Waals surface area (Å²) in [5.41, 5.74) is -0.962. The van der Waals surface area contributed by atoms with E-state index < -0.39 is 23.5 Å². The molecule has 1 aromatic carbocycles. The van der Waals surface area contributed by atoms with Gasteiger partial charge in [0.2, 0.25) is 17.6 Å². The fraction of sp³-hybridized carbons (Fsp3) is 0.176. The molecule has 0 fully saturated rings. The number of amides is 1. The Kier molecular flexibility index (Phi) is 5.15. The van der Waals surface area contributed by atoms with Crippen molar-refractivity contribution in [1.29, 1.82) is 0 Å². The van der Waals surface area contributed by atoms with Crippen LogP contribution in [0.4, 0.5) is 23.2 Å². The molecule has 0 aliphatic carbocycles.